The molecule has 21 heavy (non-hydrogen) atoms. The lowest BCUT2D eigenvalue weighted by molar-refractivity contribution is -0.141. The fourth-order valence-corrected chi connectivity index (χ4v) is 2.51. The molecule has 1 aliphatic heterocycles. The zero-order chi connectivity index (χ0) is 14.8. The molecule has 2 N–H and O–H groups in total. The zero-order valence-corrected chi connectivity index (χ0v) is 11.4. The number of aromatic nitrogens is 2. The highest BCUT2D eigenvalue weighted by atomic mass is 16.4. The van der Waals surface area contributed by atoms with E-state index in [1.165, 1.54) is 0 Å². The average molecular weight is 288 g/mol. The molecule has 7 heteroatoms. The number of nitrogens with one attached hydrogen (secondary N) is 1. The number of imidazole rings is 1. The summed E-state index contributed by atoms with van der Waals surface area (Å²) in [6.07, 6.45) is 5.90. The molecular formula is C14H16N4O3. The summed E-state index contributed by atoms with van der Waals surface area (Å²) in [5, 5.41) is 11.8. The first-order valence-electron chi connectivity index (χ1n) is 6.79. The van der Waals surface area contributed by atoms with E-state index in [1.807, 2.05) is 22.7 Å². The van der Waals surface area contributed by atoms with Crippen LogP contribution in [-0.4, -0.2) is 44.5 Å². The van der Waals surface area contributed by atoms with Gasteiger partial charge in [-0.25, -0.2) is 9.78 Å². The van der Waals surface area contributed by atoms with Crippen LogP contribution in [0, 0.1) is 5.92 Å². The predicted octanol–water partition coefficient (Wildman–Crippen LogP) is 0.950. The Kier molecular flexibility index (Phi) is 3.47. The number of carbonyl (C=O) groups is 2. The van der Waals surface area contributed by atoms with Gasteiger partial charge in [0.25, 0.3) is 0 Å². The number of hydrogen-bond donors (Lipinski definition) is 2. The van der Waals surface area contributed by atoms with Crippen molar-refractivity contribution >= 4 is 17.5 Å². The minimum Gasteiger partial charge on any atom is -0.481 e. The van der Waals surface area contributed by atoms with Crippen molar-refractivity contribution in [3.05, 3.63) is 36.4 Å². The van der Waals surface area contributed by atoms with Gasteiger partial charge in [0.15, 0.2) is 0 Å². The number of pyridine rings is 1. The number of amides is 2. The van der Waals surface area contributed by atoms with E-state index in [2.05, 4.69) is 10.3 Å². The van der Waals surface area contributed by atoms with Gasteiger partial charge in [-0.2, -0.15) is 0 Å². The van der Waals surface area contributed by atoms with Gasteiger partial charge in [0, 0.05) is 25.8 Å². The SMILES string of the molecule is O=C(O)C1CCN(C(=O)NCc2ccc3cncn3c2)C1. The summed E-state index contributed by atoms with van der Waals surface area (Å²) >= 11 is 0. The minimum absolute atomic E-state index is 0.218. The molecule has 1 aliphatic rings. The molecular weight excluding hydrogens is 272 g/mol. The first-order valence-corrected chi connectivity index (χ1v) is 6.79. The minimum atomic E-state index is -0.837. The topological polar surface area (TPSA) is 86.9 Å². The highest BCUT2D eigenvalue weighted by Gasteiger charge is 2.30. The van der Waals surface area contributed by atoms with Crippen molar-refractivity contribution < 1.29 is 14.7 Å². The van der Waals surface area contributed by atoms with E-state index in [1.54, 1.807) is 17.4 Å². The van der Waals surface area contributed by atoms with Gasteiger partial charge in [-0.15, -0.1) is 0 Å². The lowest BCUT2D eigenvalue weighted by Crippen LogP contribution is -2.38. The van der Waals surface area contributed by atoms with Crippen molar-refractivity contribution in [2.24, 2.45) is 5.92 Å². The Hall–Kier alpha value is -2.57. The number of carboxylic acids is 1. The molecule has 7 nitrogen and oxygen atoms in total. The van der Waals surface area contributed by atoms with E-state index in [4.69, 9.17) is 5.11 Å². The maximum Gasteiger partial charge on any atom is 0.317 e. The molecule has 2 aromatic rings. The highest BCUT2D eigenvalue weighted by Crippen LogP contribution is 2.16. The fraction of sp³-hybridized carbons (Fsp3) is 0.357. The fourth-order valence-electron chi connectivity index (χ4n) is 2.51. The largest absolute Gasteiger partial charge is 0.481 e. The number of rotatable bonds is 3. The Labute approximate surface area is 121 Å². The van der Waals surface area contributed by atoms with Crippen LogP contribution in [0.5, 0.6) is 0 Å². The molecule has 1 atom stereocenters. The van der Waals surface area contributed by atoms with Crippen molar-refractivity contribution in [3.8, 4) is 0 Å². The van der Waals surface area contributed by atoms with Gasteiger partial charge in [-0.3, -0.25) is 4.79 Å². The average Bonchev–Trinajstić information content (AvgIpc) is 3.12. The molecule has 0 spiro atoms. The van der Waals surface area contributed by atoms with Crippen molar-refractivity contribution in [1.29, 1.82) is 0 Å². The maximum absolute atomic E-state index is 12.0. The maximum atomic E-state index is 12.0. The second-order valence-corrected chi connectivity index (χ2v) is 5.19. The summed E-state index contributed by atoms with van der Waals surface area (Å²) in [5.74, 6) is -1.28. The van der Waals surface area contributed by atoms with Crippen LogP contribution < -0.4 is 5.32 Å². The third-order valence-corrected chi connectivity index (χ3v) is 3.74. The molecule has 0 bridgehead atoms. The third-order valence-electron chi connectivity index (χ3n) is 3.74. The molecule has 1 saturated heterocycles. The Morgan fingerprint density at radius 1 is 1.43 bits per heavy atom. The van der Waals surface area contributed by atoms with E-state index in [0.717, 1.165) is 11.1 Å². The monoisotopic (exact) mass is 288 g/mol. The van der Waals surface area contributed by atoms with Crippen LogP contribution in [0.25, 0.3) is 5.52 Å². The predicted molar refractivity (Wildman–Crippen MR) is 74.7 cm³/mol. The molecule has 0 radical (unpaired) electrons. The van der Waals surface area contributed by atoms with Crippen molar-refractivity contribution in [2.45, 2.75) is 13.0 Å². The smallest absolute Gasteiger partial charge is 0.317 e. The Morgan fingerprint density at radius 3 is 3.05 bits per heavy atom. The van der Waals surface area contributed by atoms with E-state index in [-0.39, 0.29) is 12.6 Å². The van der Waals surface area contributed by atoms with Crippen molar-refractivity contribution in [1.82, 2.24) is 19.6 Å². The number of carbonyl (C=O) groups excluding carboxylic acids is 1. The van der Waals surface area contributed by atoms with Crippen molar-refractivity contribution in [2.75, 3.05) is 13.1 Å². The second-order valence-electron chi connectivity index (χ2n) is 5.19. The number of likely N-dealkylation sites (tertiary alicyclic amines) is 1. The molecule has 1 fully saturated rings. The summed E-state index contributed by atoms with van der Waals surface area (Å²) in [6, 6.07) is 3.65. The van der Waals surface area contributed by atoms with Crippen LogP contribution in [0.15, 0.2) is 30.9 Å². The van der Waals surface area contributed by atoms with Gasteiger partial charge in [-0.05, 0) is 18.1 Å². The van der Waals surface area contributed by atoms with Crippen LogP contribution in [-0.2, 0) is 11.3 Å². The van der Waals surface area contributed by atoms with E-state index in [0.29, 0.717) is 19.5 Å². The standard InChI is InChI=1S/C14H16N4O3/c19-13(20)11-3-4-17(8-11)14(21)16-5-10-1-2-12-6-15-9-18(12)7-10/h1-2,6-7,9,11H,3-5,8H2,(H,16,21)(H,19,20). The molecule has 2 aromatic heterocycles. The van der Waals surface area contributed by atoms with Crippen molar-refractivity contribution in [3.63, 3.8) is 0 Å². The zero-order valence-electron chi connectivity index (χ0n) is 11.4. The van der Waals surface area contributed by atoms with Crippen LogP contribution in [0.4, 0.5) is 4.79 Å². The Balaban J connectivity index is 1.57. The number of nitrogens with zero attached hydrogens (tertiary/aromatic N) is 3. The molecule has 3 heterocycles. The second kappa shape index (κ2) is 5.43. The Morgan fingerprint density at radius 2 is 2.29 bits per heavy atom. The number of fused-ring (bicyclic) bond motifs is 1. The van der Waals surface area contributed by atoms with E-state index >= 15 is 0 Å². The van der Waals surface area contributed by atoms with Gasteiger partial charge in [0.05, 0.1) is 24.0 Å². The first kappa shape index (κ1) is 13.4. The number of carboxylic acid groups (broad SMARTS) is 1. The summed E-state index contributed by atoms with van der Waals surface area (Å²) in [6.45, 7) is 1.17. The first-order chi connectivity index (χ1) is 10.1. The van der Waals surface area contributed by atoms with Crippen LogP contribution in [0.1, 0.15) is 12.0 Å². The molecule has 0 aromatic carbocycles. The van der Waals surface area contributed by atoms with Crippen LogP contribution >= 0.6 is 0 Å². The summed E-state index contributed by atoms with van der Waals surface area (Å²) in [5.41, 5.74) is 1.96. The molecule has 2 amide bonds. The van der Waals surface area contributed by atoms with Gasteiger partial charge >= 0.3 is 12.0 Å². The molecule has 3 rings (SSSR count). The summed E-state index contributed by atoms with van der Waals surface area (Å²) in [4.78, 5) is 28.5. The molecule has 0 saturated carbocycles. The number of urea groups is 1. The Bertz CT molecular complexity index is 682. The highest BCUT2D eigenvalue weighted by molar-refractivity contribution is 5.77. The number of hydrogen-bond acceptors (Lipinski definition) is 3. The quantitative estimate of drug-likeness (QED) is 0.880. The normalized spacial score (nSPS) is 18.1. The summed E-state index contributed by atoms with van der Waals surface area (Å²) < 4.78 is 1.89. The van der Waals surface area contributed by atoms with Gasteiger partial charge in [0.2, 0.25) is 0 Å². The van der Waals surface area contributed by atoms with Gasteiger partial charge in [0.1, 0.15) is 0 Å². The van der Waals surface area contributed by atoms with Crippen LogP contribution in [0.2, 0.25) is 0 Å². The van der Waals surface area contributed by atoms with E-state index < -0.39 is 11.9 Å². The third kappa shape index (κ3) is 2.81. The van der Waals surface area contributed by atoms with Gasteiger partial charge in [-0.1, -0.05) is 6.07 Å². The van der Waals surface area contributed by atoms with Gasteiger partial charge < -0.3 is 19.7 Å². The van der Waals surface area contributed by atoms with Crippen LogP contribution in [0.3, 0.4) is 0 Å². The lowest BCUT2D eigenvalue weighted by Gasteiger charge is -2.16. The summed E-state index contributed by atoms with van der Waals surface area (Å²) in [7, 11) is 0. The van der Waals surface area contributed by atoms with E-state index in [9.17, 15) is 9.59 Å². The number of aliphatic carboxylic acids is 1. The molecule has 0 aliphatic carbocycles. The molecule has 110 valence electrons. The lowest BCUT2D eigenvalue weighted by atomic mass is 10.1. The molecule has 1 unspecified atom stereocenters.